The van der Waals surface area contributed by atoms with Crippen LogP contribution in [0.1, 0.15) is 37.1 Å². The minimum Gasteiger partial charge on any atom is -0.481 e. The van der Waals surface area contributed by atoms with E-state index >= 15 is 0 Å². The number of aryl methyl sites for hydroxylation is 2. The molecule has 2 rings (SSSR count). The molecule has 1 aromatic heterocycles. The Hall–Kier alpha value is -1.39. The highest BCUT2D eigenvalue weighted by Crippen LogP contribution is 2.18. The van der Waals surface area contributed by atoms with Crippen molar-refractivity contribution < 1.29 is 9.90 Å². The molecule has 1 heterocycles. The molecule has 5 nitrogen and oxygen atoms in total. The number of carbonyl (C=O) groups is 1. The zero-order valence-electron chi connectivity index (χ0n) is 8.65. The first kappa shape index (κ1) is 10.1. The third kappa shape index (κ3) is 2.34. The lowest BCUT2D eigenvalue weighted by Crippen LogP contribution is -2.10. The van der Waals surface area contributed by atoms with Gasteiger partial charge in [0, 0.05) is 13.0 Å². The summed E-state index contributed by atoms with van der Waals surface area (Å²) in [6, 6.07) is 0. The Labute approximate surface area is 88.1 Å². The van der Waals surface area contributed by atoms with Gasteiger partial charge in [-0.1, -0.05) is 5.21 Å². The maximum absolute atomic E-state index is 10.4. The van der Waals surface area contributed by atoms with Gasteiger partial charge in [0.25, 0.3) is 0 Å². The van der Waals surface area contributed by atoms with Crippen molar-refractivity contribution in [2.45, 2.75) is 45.1 Å². The van der Waals surface area contributed by atoms with E-state index in [1.54, 1.807) is 0 Å². The highest BCUT2D eigenvalue weighted by molar-refractivity contribution is 5.66. The zero-order valence-corrected chi connectivity index (χ0v) is 8.65. The summed E-state index contributed by atoms with van der Waals surface area (Å²) in [4.78, 5) is 10.4. The van der Waals surface area contributed by atoms with E-state index < -0.39 is 5.97 Å². The zero-order chi connectivity index (χ0) is 10.7. The van der Waals surface area contributed by atoms with E-state index in [9.17, 15) is 4.79 Å². The maximum Gasteiger partial charge on any atom is 0.303 e. The van der Waals surface area contributed by atoms with Gasteiger partial charge in [-0.25, -0.2) is 4.68 Å². The van der Waals surface area contributed by atoms with Crippen LogP contribution in [-0.4, -0.2) is 26.1 Å². The Bertz CT molecular complexity index is 360. The van der Waals surface area contributed by atoms with Gasteiger partial charge < -0.3 is 5.11 Å². The van der Waals surface area contributed by atoms with Crippen LogP contribution in [0.3, 0.4) is 0 Å². The molecule has 0 fully saturated rings. The molecule has 0 unspecified atom stereocenters. The van der Waals surface area contributed by atoms with E-state index in [2.05, 4.69) is 10.3 Å². The minimum absolute atomic E-state index is 0.203. The molecule has 0 bridgehead atoms. The van der Waals surface area contributed by atoms with Gasteiger partial charge in [-0.3, -0.25) is 4.79 Å². The summed E-state index contributed by atoms with van der Waals surface area (Å²) in [6.45, 7) is 0.675. The molecule has 0 saturated heterocycles. The molecule has 0 spiro atoms. The molecule has 0 aromatic carbocycles. The molecule has 0 radical (unpaired) electrons. The molecule has 0 amide bonds. The van der Waals surface area contributed by atoms with Gasteiger partial charge in [0.1, 0.15) is 0 Å². The number of aromatic nitrogens is 3. The van der Waals surface area contributed by atoms with Crippen molar-refractivity contribution in [2.75, 3.05) is 0 Å². The number of nitrogens with zero attached hydrogens (tertiary/aromatic N) is 3. The Morgan fingerprint density at radius 2 is 2.20 bits per heavy atom. The average molecular weight is 209 g/mol. The van der Waals surface area contributed by atoms with Crippen molar-refractivity contribution in [3.8, 4) is 0 Å². The fraction of sp³-hybridized carbons (Fsp3) is 0.700. The normalized spacial score (nSPS) is 14.9. The predicted octanol–water partition coefficient (Wildman–Crippen LogP) is 1.02. The molecule has 82 valence electrons. The number of carboxylic acids is 1. The summed E-state index contributed by atoms with van der Waals surface area (Å²) in [5, 5.41) is 16.7. The van der Waals surface area contributed by atoms with E-state index in [4.69, 9.17) is 5.11 Å². The molecule has 0 aliphatic heterocycles. The third-order valence-electron chi connectivity index (χ3n) is 2.76. The van der Waals surface area contributed by atoms with Crippen LogP contribution in [-0.2, 0) is 24.2 Å². The summed E-state index contributed by atoms with van der Waals surface area (Å²) in [5.74, 6) is -0.746. The summed E-state index contributed by atoms with van der Waals surface area (Å²) in [6.07, 6.45) is 5.28. The first-order valence-electron chi connectivity index (χ1n) is 5.40. The van der Waals surface area contributed by atoms with Crippen molar-refractivity contribution in [1.82, 2.24) is 15.0 Å². The van der Waals surface area contributed by atoms with Gasteiger partial charge >= 0.3 is 5.97 Å². The van der Waals surface area contributed by atoms with E-state index in [1.165, 1.54) is 18.5 Å². The Kier molecular flexibility index (Phi) is 2.99. The molecule has 1 aliphatic rings. The number of carboxylic acid groups (broad SMARTS) is 1. The number of hydrogen-bond donors (Lipinski definition) is 1. The first-order chi connectivity index (χ1) is 7.27. The van der Waals surface area contributed by atoms with Crippen LogP contribution in [0.4, 0.5) is 0 Å². The number of rotatable bonds is 4. The fourth-order valence-electron chi connectivity index (χ4n) is 1.98. The van der Waals surface area contributed by atoms with E-state index in [-0.39, 0.29) is 6.42 Å². The Morgan fingerprint density at radius 3 is 3.00 bits per heavy atom. The van der Waals surface area contributed by atoms with Crippen LogP contribution >= 0.6 is 0 Å². The average Bonchev–Trinajstić information content (AvgIpc) is 2.62. The first-order valence-corrected chi connectivity index (χ1v) is 5.40. The summed E-state index contributed by atoms with van der Waals surface area (Å²) in [5.41, 5.74) is 2.32. The number of fused-ring (bicyclic) bond motifs is 1. The third-order valence-corrected chi connectivity index (χ3v) is 2.76. The highest BCUT2D eigenvalue weighted by Gasteiger charge is 2.16. The predicted molar refractivity (Wildman–Crippen MR) is 53.5 cm³/mol. The second-order valence-corrected chi connectivity index (χ2v) is 3.91. The monoisotopic (exact) mass is 209 g/mol. The topological polar surface area (TPSA) is 68.0 Å². The van der Waals surface area contributed by atoms with Crippen molar-refractivity contribution in [1.29, 1.82) is 0 Å². The van der Waals surface area contributed by atoms with Crippen molar-refractivity contribution >= 4 is 5.97 Å². The molecule has 1 aliphatic carbocycles. The van der Waals surface area contributed by atoms with Crippen molar-refractivity contribution in [2.24, 2.45) is 0 Å². The van der Waals surface area contributed by atoms with Crippen LogP contribution in [0, 0.1) is 0 Å². The fourth-order valence-corrected chi connectivity index (χ4v) is 1.98. The number of hydrogen-bond acceptors (Lipinski definition) is 3. The van der Waals surface area contributed by atoms with Crippen LogP contribution in [0.25, 0.3) is 0 Å². The quantitative estimate of drug-likeness (QED) is 0.804. The summed E-state index contributed by atoms with van der Waals surface area (Å²) >= 11 is 0. The highest BCUT2D eigenvalue weighted by atomic mass is 16.4. The molecule has 1 N–H and O–H groups in total. The molecular formula is C10H15N3O2. The second kappa shape index (κ2) is 4.42. The van der Waals surface area contributed by atoms with Crippen molar-refractivity contribution in [3.63, 3.8) is 0 Å². The van der Waals surface area contributed by atoms with E-state index in [1.807, 2.05) is 4.68 Å². The lowest BCUT2D eigenvalue weighted by atomic mass is 10.0. The molecule has 15 heavy (non-hydrogen) atoms. The minimum atomic E-state index is -0.746. The standard InChI is InChI=1S/C10H15N3O2/c14-10(15)6-3-7-13-9-5-2-1-4-8(9)11-12-13/h1-7H2,(H,14,15). The SMILES string of the molecule is O=C(O)CCCn1nnc2c1CCCC2. The van der Waals surface area contributed by atoms with Gasteiger partial charge in [-0.05, 0) is 32.1 Å². The summed E-state index contributed by atoms with van der Waals surface area (Å²) < 4.78 is 1.87. The molecular weight excluding hydrogens is 194 g/mol. The van der Waals surface area contributed by atoms with Gasteiger partial charge in [0.2, 0.25) is 0 Å². The molecule has 1 aromatic rings. The lowest BCUT2D eigenvalue weighted by molar-refractivity contribution is -0.137. The van der Waals surface area contributed by atoms with Crippen molar-refractivity contribution in [3.05, 3.63) is 11.4 Å². The maximum atomic E-state index is 10.4. The van der Waals surface area contributed by atoms with Crippen LogP contribution in [0.5, 0.6) is 0 Å². The molecule has 0 saturated carbocycles. The summed E-state index contributed by atoms with van der Waals surface area (Å²) in [7, 11) is 0. The molecule has 0 atom stereocenters. The van der Waals surface area contributed by atoms with Gasteiger partial charge in [0.15, 0.2) is 0 Å². The smallest absolute Gasteiger partial charge is 0.303 e. The lowest BCUT2D eigenvalue weighted by Gasteiger charge is -2.11. The van der Waals surface area contributed by atoms with Crippen LogP contribution in [0.2, 0.25) is 0 Å². The largest absolute Gasteiger partial charge is 0.481 e. The van der Waals surface area contributed by atoms with Gasteiger partial charge in [-0.2, -0.15) is 0 Å². The van der Waals surface area contributed by atoms with Gasteiger partial charge in [0.05, 0.1) is 11.4 Å². The molecule has 5 heteroatoms. The van der Waals surface area contributed by atoms with Crippen LogP contribution in [0.15, 0.2) is 0 Å². The number of aliphatic carboxylic acids is 1. The Balaban J connectivity index is 1.96. The Morgan fingerprint density at radius 1 is 1.40 bits per heavy atom. The van der Waals surface area contributed by atoms with E-state index in [0.717, 1.165) is 18.5 Å². The second-order valence-electron chi connectivity index (χ2n) is 3.91. The van der Waals surface area contributed by atoms with E-state index in [0.29, 0.717) is 13.0 Å². The van der Waals surface area contributed by atoms with Gasteiger partial charge in [-0.15, -0.1) is 5.10 Å². The van der Waals surface area contributed by atoms with Crippen LogP contribution < -0.4 is 0 Å².